The van der Waals surface area contributed by atoms with Gasteiger partial charge in [-0.2, -0.15) is 19.7 Å². The number of terminal acetylenes is 1. The van der Waals surface area contributed by atoms with Crippen LogP contribution >= 0.6 is 12.0 Å². The summed E-state index contributed by atoms with van der Waals surface area (Å²) in [5, 5.41) is 42.1. The van der Waals surface area contributed by atoms with Crippen LogP contribution in [0, 0.1) is 26.4 Å². The van der Waals surface area contributed by atoms with Gasteiger partial charge in [-0.25, -0.2) is 8.42 Å². The minimum Gasteiger partial charge on any atom is -0.744 e. The molecule has 1 N–H and O–H groups in total. The number of azo groups is 2. The van der Waals surface area contributed by atoms with Gasteiger partial charge in [0.15, 0.2) is 0 Å². The second-order valence-corrected chi connectivity index (χ2v) is 11.9. The van der Waals surface area contributed by atoms with Gasteiger partial charge in [0, 0.05) is 10.3 Å². The van der Waals surface area contributed by atoms with E-state index in [0.29, 0.717) is 34.9 Å². The number of hydrogen-bond acceptors (Lipinski definition) is 13. The van der Waals surface area contributed by atoms with Gasteiger partial charge in [-0.05, 0) is 108 Å². The number of aromatic hydroxyl groups is 1. The third kappa shape index (κ3) is 9.51. The standard InChI is InChI=1S/C32H24N4O8S2.2Na/c1-4-42-25-10-8-24(9-11-25)33-34-27-12-5-21(15-19(27)2)22-6-13-28(20(3)16-22)35-36-32-29(37)14-7-23-17-26(46(39,40)41)18-30(31(23)32)45-44-43-38;;/h1,5-18,37-38H,2-3H3,(H,39,40,41);;/q;2*+1/p-2. The zero-order valence-corrected chi connectivity index (χ0v) is 31.7. The molecule has 0 bridgehead atoms. The Bertz CT molecular complexity index is 2160. The number of phenolic OH excluding ortho intramolecular Hbond substituents is 1. The molecule has 0 radical (unpaired) electrons. The molecular formula is C32H22N4Na2O8S2. The van der Waals surface area contributed by atoms with Gasteiger partial charge in [-0.3, -0.25) is 5.04 Å². The van der Waals surface area contributed by atoms with Crippen molar-refractivity contribution < 1.29 is 96.6 Å². The summed E-state index contributed by atoms with van der Waals surface area (Å²) < 4.78 is 44.4. The van der Waals surface area contributed by atoms with Gasteiger partial charge in [-0.1, -0.05) is 24.6 Å². The van der Waals surface area contributed by atoms with Crippen molar-refractivity contribution in [3.8, 4) is 35.2 Å². The van der Waals surface area contributed by atoms with Crippen LogP contribution < -0.4 is 69.1 Å². The van der Waals surface area contributed by atoms with Crippen molar-refractivity contribution in [2.75, 3.05) is 0 Å². The Morgan fingerprint density at radius 3 is 1.96 bits per heavy atom. The Morgan fingerprint density at radius 1 is 0.812 bits per heavy atom. The molecule has 232 valence electrons. The Hall–Kier alpha value is -3.14. The minimum atomic E-state index is -4.85. The minimum absolute atomic E-state index is 0. The number of aryl methyl sites for hydroxylation is 2. The molecule has 0 amide bonds. The van der Waals surface area contributed by atoms with E-state index in [-0.39, 0.29) is 86.2 Å². The molecule has 0 saturated carbocycles. The largest absolute Gasteiger partial charge is 1.00 e. The fourth-order valence-electron chi connectivity index (χ4n) is 4.49. The predicted octanol–water partition coefficient (Wildman–Crippen LogP) is 1.77. The normalized spacial score (nSPS) is 11.3. The van der Waals surface area contributed by atoms with Gasteiger partial charge < -0.3 is 19.7 Å². The molecule has 12 nitrogen and oxygen atoms in total. The molecule has 5 rings (SSSR count). The third-order valence-electron chi connectivity index (χ3n) is 6.72. The molecule has 5 aromatic rings. The summed E-state index contributed by atoms with van der Waals surface area (Å²) in [6.07, 6.45) is 7.25. The summed E-state index contributed by atoms with van der Waals surface area (Å²) in [6.45, 7) is 3.78. The second-order valence-electron chi connectivity index (χ2n) is 9.74. The summed E-state index contributed by atoms with van der Waals surface area (Å²) >= 11 is 0.359. The van der Waals surface area contributed by atoms with Crippen molar-refractivity contribution in [2.24, 2.45) is 20.5 Å². The van der Waals surface area contributed by atoms with Gasteiger partial charge in [-0.15, -0.1) is 5.11 Å². The van der Waals surface area contributed by atoms with Crippen LogP contribution in [0.5, 0.6) is 11.5 Å². The SMILES string of the molecule is C#COc1ccc(N=Nc2ccc(-c3ccc(N=Nc4c(O)ccc5cc(S(=O)(=O)[O-])cc(SOO[O-])c45)c(C)c3)cc2C)cc1.[Na+].[Na+]. The quantitative estimate of drug-likeness (QED) is 0.0433. The van der Waals surface area contributed by atoms with E-state index < -0.39 is 15.0 Å². The first-order valence-electron chi connectivity index (χ1n) is 13.2. The molecule has 48 heavy (non-hydrogen) atoms. The molecule has 5 aromatic carbocycles. The van der Waals surface area contributed by atoms with E-state index in [1.807, 2.05) is 44.2 Å². The summed E-state index contributed by atoms with van der Waals surface area (Å²) in [6, 6.07) is 23.1. The summed E-state index contributed by atoms with van der Waals surface area (Å²) in [5.74, 6) is 0.258. The first-order valence-corrected chi connectivity index (χ1v) is 15.4. The van der Waals surface area contributed by atoms with E-state index in [4.69, 9.17) is 11.2 Å². The van der Waals surface area contributed by atoms with Gasteiger partial charge in [0.1, 0.15) is 33.4 Å². The third-order valence-corrected chi connectivity index (χ3v) is 8.16. The predicted molar refractivity (Wildman–Crippen MR) is 167 cm³/mol. The maximum Gasteiger partial charge on any atom is 1.00 e. The summed E-state index contributed by atoms with van der Waals surface area (Å²) in [7, 11) is -4.85. The smallest absolute Gasteiger partial charge is 0.744 e. The Labute approximate surface area is 324 Å². The molecule has 0 saturated heterocycles. The van der Waals surface area contributed by atoms with Crippen molar-refractivity contribution in [3.63, 3.8) is 0 Å². The van der Waals surface area contributed by atoms with Crippen LogP contribution in [0.25, 0.3) is 21.9 Å². The molecular weight excluding hydrogens is 678 g/mol. The zero-order valence-electron chi connectivity index (χ0n) is 26.1. The second kappa shape index (κ2) is 17.5. The van der Waals surface area contributed by atoms with E-state index in [0.717, 1.165) is 34.4 Å². The zero-order chi connectivity index (χ0) is 32.8. The molecule has 0 aliphatic rings. The fraction of sp³-hybridized carbons (Fsp3) is 0.0625. The number of nitrogens with zero attached hydrogens (tertiary/aromatic N) is 4. The Morgan fingerprint density at radius 2 is 1.42 bits per heavy atom. The van der Waals surface area contributed by atoms with Crippen LogP contribution in [0.1, 0.15) is 11.1 Å². The molecule has 0 atom stereocenters. The van der Waals surface area contributed by atoms with Gasteiger partial charge in [0.05, 0.1) is 34.0 Å². The number of rotatable bonds is 10. The fourth-order valence-corrected chi connectivity index (χ4v) is 5.67. The molecule has 0 aliphatic heterocycles. The van der Waals surface area contributed by atoms with Crippen LogP contribution in [0.4, 0.5) is 22.7 Å². The molecule has 0 spiro atoms. The average molecular weight is 701 g/mol. The van der Waals surface area contributed by atoms with Crippen molar-refractivity contribution in [2.45, 2.75) is 23.6 Å². The maximum absolute atomic E-state index is 11.7. The van der Waals surface area contributed by atoms with Crippen LogP contribution in [-0.2, 0) is 19.5 Å². The number of fused-ring (bicyclic) bond motifs is 1. The molecule has 16 heteroatoms. The van der Waals surface area contributed by atoms with Gasteiger partial charge in [0.25, 0.3) is 0 Å². The molecule has 0 aliphatic carbocycles. The molecule has 0 aromatic heterocycles. The van der Waals surface area contributed by atoms with E-state index in [2.05, 4.69) is 35.9 Å². The summed E-state index contributed by atoms with van der Waals surface area (Å²) in [5.41, 5.74) is 5.35. The average Bonchev–Trinajstić information content (AvgIpc) is 3.03. The van der Waals surface area contributed by atoms with Crippen molar-refractivity contribution in [3.05, 3.63) is 96.1 Å². The maximum atomic E-state index is 11.7. The Kier molecular flexibility index (Phi) is 14.3. The first kappa shape index (κ1) is 39.3. The van der Waals surface area contributed by atoms with Crippen LogP contribution in [0.15, 0.2) is 115 Å². The van der Waals surface area contributed by atoms with Crippen LogP contribution in [0.2, 0.25) is 0 Å². The number of hydrogen-bond donors (Lipinski definition) is 1. The van der Waals surface area contributed by atoms with Crippen molar-refractivity contribution in [1.29, 1.82) is 0 Å². The Balaban J connectivity index is 0.00000312. The number of phenols is 1. The van der Waals surface area contributed by atoms with Crippen molar-refractivity contribution >= 4 is 55.7 Å². The van der Waals surface area contributed by atoms with Crippen molar-refractivity contribution in [1.82, 2.24) is 0 Å². The van der Waals surface area contributed by atoms with Crippen LogP contribution in [0.3, 0.4) is 0 Å². The van der Waals surface area contributed by atoms with E-state index >= 15 is 0 Å². The van der Waals surface area contributed by atoms with E-state index in [1.165, 1.54) is 12.1 Å². The molecule has 0 heterocycles. The van der Waals surface area contributed by atoms with Gasteiger partial charge >= 0.3 is 59.1 Å². The van der Waals surface area contributed by atoms with Crippen LogP contribution in [-0.4, -0.2) is 18.1 Å². The molecule has 0 fully saturated rings. The van der Waals surface area contributed by atoms with Gasteiger partial charge in [0.2, 0.25) is 0 Å². The summed E-state index contributed by atoms with van der Waals surface area (Å²) in [4.78, 5) is -0.573. The first-order chi connectivity index (χ1) is 22.1. The number of benzene rings is 5. The van der Waals surface area contributed by atoms with E-state index in [1.54, 1.807) is 30.3 Å². The van der Waals surface area contributed by atoms with E-state index in [9.17, 15) is 23.3 Å². The monoisotopic (exact) mass is 700 g/mol. The topological polar surface area (TPSA) is 178 Å². The molecule has 0 unspecified atom stereocenters. The number of ether oxygens (including phenoxy) is 1.